The number of carboxylic acid groups (broad SMARTS) is 1. The van der Waals surface area contributed by atoms with Gasteiger partial charge in [-0.15, -0.1) is 0 Å². The van der Waals surface area contributed by atoms with Crippen LogP contribution in [0.3, 0.4) is 0 Å². The number of carboxylic acids is 1. The van der Waals surface area contributed by atoms with Gasteiger partial charge >= 0.3 is 11.9 Å². The largest absolute Gasteiger partial charge is 0.478 e. The van der Waals surface area contributed by atoms with E-state index < -0.39 is 29.4 Å². The molecule has 0 unspecified atom stereocenters. The fourth-order valence-corrected chi connectivity index (χ4v) is 4.53. The number of carbonyl (C=O) groups is 4. The summed E-state index contributed by atoms with van der Waals surface area (Å²) in [5, 5.41) is 13.0. The summed E-state index contributed by atoms with van der Waals surface area (Å²) >= 11 is 0. The van der Waals surface area contributed by atoms with E-state index in [1.165, 1.54) is 13.0 Å². The van der Waals surface area contributed by atoms with Crippen molar-refractivity contribution in [1.82, 2.24) is 0 Å². The molecule has 0 spiro atoms. The zero-order valence-electron chi connectivity index (χ0n) is 22.7. The number of ether oxygens (including phenoxy) is 1. The number of amides is 2. The number of imide groups is 1. The molecule has 3 aromatic rings. The van der Waals surface area contributed by atoms with Gasteiger partial charge in [0.05, 0.1) is 28.1 Å². The number of nitrogens with zero attached hydrogens (tertiary/aromatic N) is 1. The number of aryl methyl sites for hydroxylation is 2. The van der Waals surface area contributed by atoms with Crippen LogP contribution in [0.1, 0.15) is 70.7 Å². The van der Waals surface area contributed by atoms with Crippen LogP contribution in [0.25, 0.3) is 11.3 Å². The molecule has 4 rings (SSSR count). The SMILES string of the molecule is CC(=O)N1C(=O)/C(=C(/Nc2ccc(C(=O)OC(C)(C)C)c(C)c2)c2ccccc2)c2cc(C)c(C(=O)O)cc21. The highest BCUT2D eigenvalue weighted by molar-refractivity contribution is 6.44. The molecule has 0 aliphatic carbocycles. The van der Waals surface area contributed by atoms with E-state index in [1.807, 2.05) is 30.3 Å². The second kappa shape index (κ2) is 10.2. The Balaban J connectivity index is 1.89. The number of anilines is 2. The molecule has 0 bridgehead atoms. The van der Waals surface area contributed by atoms with Gasteiger partial charge in [0.15, 0.2) is 0 Å². The molecule has 1 heterocycles. The van der Waals surface area contributed by atoms with Crippen LogP contribution in [0.15, 0.2) is 60.7 Å². The van der Waals surface area contributed by atoms with Crippen molar-refractivity contribution >= 4 is 46.4 Å². The molecule has 2 N–H and O–H groups in total. The lowest BCUT2D eigenvalue weighted by Gasteiger charge is -2.21. The van der Waals surface area contributed by atoms with Crippen LogP contribution in [0.4, 0.5) is 11.4 Å². The predicted octanol–water partition coefficient (Wildman–Crippen LogP) is 5.83. The van der Waals surface area contributed by atoms with E-state index in [0.717, 1.165) is 4.90 Å². The standard InChI is InChI=1S/C31H30N2O6/c1-17-14-21(12-13-22(17)30(38)39-31(4,5)6)32-27(20-10-8-7-9-11-20)26-24-15-18(2)23(29(36)37)16-25(24)33(19(3)34)28(26)35/h7-16,32H,1-6H3,(H,36,37)/b27-26+. The lowest BCUT2D eigenvalue weighted by molar-refractivity contribution is -0.122. The third-order valence-corrected chi connectivity index (χ3v) is 6.24. The number of esters is 1. The Morgan fingerprint density at radius 2 is 1.54 bits per heavy atom. The molecule has 0 atom stereocenters. The second-order valence-corrected chi connectivity index (χ2v) is 10.4. The third kappa shape index (κ3) is 5.45. The van der Waals surface area contributed by atoms with E-state index in [4.69, 9.17) is 4.74 Å². The molecule has 8 nitrogen and oxygen atoms in total. The summed E-state index contributed by atoms with van der Waals surface area (Å²) in [6.07, 6.45) is 0. The van der Waals surface area contributed by atoms with Gasteiger partial charge in [-0.05, 0) is 81.6 Å². The van der Waals surface area contributed by atoms with Crippen LogP contribution in [0.2, 0.25) is 0 Å². The van der Waals surface area contributed by atoms with Gasteiger partial charge in [0.1, 0.15) is 5.60 Å². The number of aromatic carboxylic acids is 1. The van der Waals surface area contributed by atoms with Gasteiger partial charge in [-0.2, -0.15) is 0 Å². The maximum Gasteiger partial charge on any atom is 0.338 e. The Morgan fingerprint density at radius 1 is 0.897 bits per heavy atom. The van der Waals surface area contributed by atoms with Gasteiger partial charge in [0.2, 0.25) is 5.91 Å². The number of rotatable bonds is 5. The predicted molar refractivity (Wildman–Crippen MR) is 150 cm³/mol. The minimum absolute atomic E-state index is 0.0108. The summed E-state index contributed by atoms with van der Waals surface area (Å²) in [5.74, 6) is -2.67. The summed E-state index contributed by atoms with van der Waals surface area (Å²) < 4.78 is 5.51. The normalized spacial score (nSPS) is 14.1. The summed E-state index contributed by atoms with van der Waals surface area (Å²) in [6, 6.07) is 17.3. The van der Waals surface area contributed by atoms with Crippen LogP contribution in [-0.4, -0.2) is 34.5 Å². The van der Waals surface area contributed by atoms with E-state index in [9.17, 15) is 24.3 Å². The van der Waals surface area contributed by atoms with Crippen molar-refractivity contribution in [2.24, 2.45) is 0 Å². The van der Waals surface area contributed by atoms with Crippen LogP contribution in [0.5, 0.6) is 0 Å². The first-order valence-corrected chi connectivity index (χ1v) is 12.4. The van der Waals surface area contributed by atoms with E-state index in [0.29, 0.717) is 39.2 Å². The van der Waals surface area contributed by atoms with Crippen molar-refractivity contribution in [2.45, 2.75) is 47.1 Å². The average molecular weight is 527 g/mol. The molecule has 39 heavy (non-hydrogen) atoms. The molecule has 0 aromatic heterocycles. The smallest absolute Gasteiger partial charge is 0.338 e. The van der Waals surface area contributed by atoms with Gasteiger partial charge in [-0.1, -0.05) is 30.3 Å². The summed E-state index contributed by atoms with van der Waals surface area (Å²) in [7, 11) is 0. The Hall–Kier alpha value is -4.72. The summed E-state index contributed by atoms with van der Waals surface area (Å²) in [4.78, 5) is 51.8. The van der Waals surface area contributed by atoms with Crippen LogP contribution in [-0.2, 0) is 14.3 Å². The maximum atomic E-state index is 13.7. The molecular formula is C31H30N2O6. The van der Waals surface area contributed by atoms with Crippen LogP contribution in [0, 0.1) is 13.8 Å². The van der Waals surface area contributed by atoms with Crippen LogP contribution >= 0.6 is 0 Å². The fraction of sp³-hybridized carbons (Fsp3) is 0.226. The van der Waals surface area contributed by atoms with E-state index in [1.54, 1.807) is 58.9 Å². The van der Waals surface area contributed by atoms with Gasteiger partial charge in [-0.3, -0.25) is 9.59 Å². The molecule has 0 saturated heterocycles. The highest BCUT2D eigenvalue weighted by Crippen LogP contribution is 2.43. The van der Waals surface area contributed by atoms with E-state index in [-0.39, 0.29) is 16.8 Å². The quantitative estimate of drug-likeness (QED) is 0.318. The Bertz CT molecular complexity index is 1550. The van der Waals surface area contributed by atoms with Crippen molar-refractivity contribution in [3.63, 3.8) is 0 Å². The monoisotopic (exact) mass is 526 g/mol. The van der Waals surface area contributed by atoms with Crippen molar-refractivity contribution in [3.05, 3.63) is 94.0 Å². The lowest BCUT2D eigenvalue weighted by atomic mass is 9.96. The zero-order chi connectivity index (χ0) is 28.6. The lowest BCUT2D eigenvalue weighted by Crippen LogP contribution is -2.31. The second-order valence-electron chi connectivity index (χ2n) is 10.4. The first-order chi connectivity index (χ1) is 18.3. The Labute approximate surface area is 226 Å². The molecular weight excluding hydrogens is 496 g/mol. The molecule has 2 amide bonds. The molecule has 200 valence electrons. The van der Waals surface area contributed by atoms with Crippen molar-refractivity contribution in [3.8, 4) is 0 Å². The van der Waals surface area contributed by atoms with Gasteiger partial charge in [0, 0.05) is 18.2 Å². The number of nitrogens with one attached hydrogen (secondary N) is 1. The van der Waals surface area contributed by atoms with Gasteiger partial charge in [-0.25, -0.2) is 14.5 Å². The Kier molecular flexibility index (Phi) is 7.15. The number of benzene rings is 3. The number of hydrogen-bond donors (Lipinski definition) is 2. The van der Waals surface area contributed by atoms with Crippen molar-refractivity contribution in [2.75, 3.05) is 10.2 Å². The molecule has 0 radical (unpaired) electrons. The number of carbonyl (C=O) groups excluding carboxylic acids is 3. The van der Waals surface area contributed by atoms with Crippen molar-refractivity contribution in [1.29, 1.82) is 0 Å². The molecule has 8 heteroatoms. The van der Waals surface area contributed by atoms with E-state index in [2.05, 4.69) is 5.32 Å². The minimum atomic E-state index is -1.15. The minimum Gasteiger partial charge on any atom is -0.478 e. The third-order valence-electron chi connectivity index (χ3n) is 6.24. The first-order valence-electron chi connectivity index (χ1n) is 12.4. The van der Waals surface area contributed by atoms with Gasteiger partial charge in [0.25, 0.3) is 5.91 Å². The number of hydrogen-bond acceptors (Lipinski definition) is 6. The fourth-order valence-electron chi connectivity index (χ4n) is 4.53. The number of fused-ring (bicyclic) bond motifs is 1. The summed E-state index contributed by atoms with van der Waals surface area (Å²) in [6.45, 7) is 10.1. The highest BCUT2D eigenvalue weighted by atomic mass is 16.6. The molecule has 1 aliphatic heterocycles. The molecule has 3 aromatic carbocycles. The van der Waals surface area contributed by atoms with Crippen LogP contribution < -0.4 is 10.2 Å². The molecule has 0 saturated carbocycles. The summed E-state index contributed by atoms with van der Waals surface area (Å²) in [5.41, 5.74) is 3.58. The zero-order valence-corrected chi connectivity index (χ0v) is 22.7. The molecule has 0 fully saturated rings. The Morgan fingerprint density at radius 3 is 2.10 bits per heavy atom. The van der Waals surface area contributed by atoms with Crippen molar-refractivity contribution < 1.29 is 29.0 Å². The van der Waals surface area contributed by atoms with E-state index >= 15 is 0 Å². The average Bonchev–Trinajstić information content (AvgIpc) is 3.12. The maximum absolute atomic E-state index is 13.7. The van der Waals surface area contributed by atoms with Gasteiger partial charge < -0.3 is 15.2 Å². The highest BCUT2D eigenvalue weighted by Gasteiger charge is 2.38. The topological polar surface area (TPSA) is 113 Å². The molecule has 1 aliphatic rings. The first kappa shape index (κ1) is 27.3.